The maximum absolute atomic E-state index is 12.7. The Hall–Kier alpha value is -4.48. The summed E-state index contributed by atoms with van der Waals surface area (Å²) >= 11 is 0. The van der Waals surface area contributed by atoms with Gasteiger partial charge >= 0.3 is 11.9 Å². The number of nitrogens with one attached hydrogen (secondary N) is 2. The van der Waals surface area contributed by atoms with Crippen molar-refractivity contribution < 1.29 is 28.7 Å². The van der Waals surface area contributed by atoms with Gasteiger partial charge in [0, 0.05) is 18.0 Å². The molecule has 1 heterocycles. The molecule has 0 fully saturated rings. The number of nitrogens with zero attached hydrogens (tertiary/aromatic N) is 2. The highest BCUT2D eigenvalue weighted by atomic mass is 16.5. The molecule has 1 unspecified atom stereocenters. The van der Waals surface area contributed by atoms with Gasteiger partial charge in [-0.2, -0.15) is 0 Å². The lowest BCUT2D eigenvalue weighted by atomic mass is 10.1. The molecule has 1 aromatic heterocycles. The molecule has 1 atom stereocenters. The minimum Gasteiger partial charge on any atom is -0.466 e. The van der Waals surface area contributed by atoms with Crippen LogP contribution in [0.4, 0.5) is 5.69 Å². The van der Waals surface area contributed by atoms with Gasteiger partial charge in [0.05, 0.1) is 43.5 Å². The highest BCUT2D eigenvalue weighted by Gasteiger charge is 2.20. The summed E-state index contributed by atoms with van der Waals surface area (Å²) in [4.78, 5) is 57.2. The molecule has 12 heteroatoms. The molecule has 0 saturated carbocycles. The summed E-state index contributed by atoms with van der Waals surface area (Å²) in [5.41, 5.74) is 11.7. The number of esters is 2. The van der Waals surface area contributed by atoms with Gasteiger partial charge in [0.2, 0.25) is 5.91 Å². The van der Waals surface area contributed by atoms with Crippen molar-refractivity contribution in [3.05, 3.63) is 59.4 Å². The normalized spacial score (nSPS) is 11.0. The zero-order chi connectivity index (χ0) is 25.8. The van der Waals surface area contributed by atoms with Crippen molar-refractivity contribution in [2.75, 3.05) is 19.8 Å². The van der Waals surface area contributed by atoms with E-state index in [2.05, 4.69) is 20.6 Å². The molecule has 1 aromatic carbocycles. The van der Waals surface area contributed by atoms with Crippen molar-refractivity contribution in [2.24, 2.45) is 16.5 Å². The Morgan fingerprint density at radius 3 is 2.40 bits per heavy atom. The average Bonchev–Trinajstić information content (AvgIpc) is 2.82. The Morgan fingerprint density at radius 2 is 1.77 bits per heavy atom. The molecule has 2 aromatic rings. The molecule has 0 radical (unpaired) electrons. The van der Waals surface area contributed by atoms with Crippen molar-refractivity contribution in [1.29, 1.82) is 0 Å². The van der Waals surface area contributed by atoms with E-state index in [0.717, 1.165) is 0 Å². The predicted octanol–water partition coefficient (Wildman–Crippen LogP) is 0.704. The highest BCUT2D eigenvalue weighted by Crippen LogP contribution is 2.19. The zero-order valence-corrected chi connectivity index (χ0v) is 19.4. The third-order valence-electron chi connectivity index (χ3n) is 4.46. The smallest absolute Gasteiger partial charge is 0.338 e. The van der Waals surface area contributed by atoms with Crippen LogP contribution in [-0.2, 0) is 19.1 Å². The highest BCUT2D eigenvalue weighted by molar-refractivity contribution is 6.00. The quantitative estimate of drug-likeness (QED) is 0.202. The first-order valence-electron chi connectivity index (χ1n) is 10.8. The summed E-state index contributed by atoms with van der Waals surface area (Å²) in [6.07, 6.45) is 2.98. The number of pyridine rings is 1. The molecule has 6 N–H and O–H groups in total. The van der Waals surface area contributed by atoms with Crippen molar-refractivity contribution in [2.45, 2.75) is 26.3 Å². The molecule has 0 bridgehead atoms. The Morgan fingerprint density at radius 1 is 1.06 bits per heavy atom. The summed E-state index contributed by atoms with van der Waals surface area (Å²) in [5.74, 6) is -2.62. The van der Waals surface area contributed by atoms with E-state index in [0.29, 0.717) is 5.56 Å². The molecule has 0 aliphatic heterocycles. The number of aliphatic imine (C=N–C) groups is 1. The Kier molecular flexibility index (Phi) is 10.2. The van der Waals surface area contributed by atoms with Crippen molar-refractivity contribution in [1.82, 2.24) is 15.6 Å². The number of carbonyl (C=O) groups excluding carboxylic acids is 4. The number of nitrogens with two attached hydrogens (primary N) is 2. The van der Waals surface area contributed by atoms with E-state index in [-0.39, 0.29) is 42.4 Å². The van der Waals surface area contributed by atoms with E-state index in [9.17, 15) is 19.2 Å². The molecule has 12 nitrogen and oxygen atoms in total. The first-order valence-corrected chi connectivity index (χ1v) is 10.8. The summed E-state index contributed by atoms with van der Waals surface area (Å²) in [7, 11) is 0. The second kappa shape index (κ2) is 13.3. The number of carbonyl (C=O) groups is 4. The minimum absolute atomic E-state index is 0.0405. The maximum Gasteiger partial charge on any atom is 0.338 e. The number of rotatable bonds is 11. The third-order valence-corrected chi connectivity index (χ3v) is 4.46. The van der Waals surface area contributed by atoms with Crippen LogP contribution in [0.25, 0.3) is 0 Å². The average molecular weight is 485 g/mol. The van der Waals surface area contributed by atoms with E-state index in [4.69, 9.17) is 20.9 Å². The van der Waals surface area contributed by atoms with E-state index in [1.165, 1.54) is 24.4 Å². The van der Waals surface area contributed by atoms with Gasteiger partial charge in [-0.1, -0.05) is 6.07 Å². The molecule has 0 aliphatic rings. The summed E-state index contributed by atoms with van der Waals surface area (Å²) < 4.78 is 9.94. The van der Waals surface area contributed by atoms with Gasteiger partial charge in [0.1, 0.15) is 0 Å². The van der Waals surface area contributed by atoms with Crippen LogP contribution in [-0.4, -0.2) is 54.5 Å². The second-order valence-corrected chi connectivity index (χ2v) is 7.12. The third kappa shape index (κ3) is 8.76. The largest absolute Gasteiger partial charge is 0.466 e. The fourth-order valence-electron chi connectivity index (χ4n) is 3.02. The van der Waals surface area contributed by atoms with Gasteiger partial charge in [-0.25, -0.2) is 9.79 Å². The number of guanidine groups is 1. The molecular weight excluding hydrogens is 456 g/mol. The fourth-order valence-corrected chi connectivity index (χ4v) is 3.02. The van der Waals surface area contributed by atoms with Crippen LogP contribution in [0.5, 0.6) is 0 Å². The molecule has 186 valence electrons. The summed E-state index contributed by atoms with van der Waals surface area (Å²) in [6.45, 7) is 3.26. The van der Waals surface area contributed by atoms with E-state index in [1.54, 1.807) is 32.2 Å². The molecule has 35 heavy (non-hydrogen) atoms. The first kappa shape index (κ1) is 26.8. The number of benzene rings is 1. The van der Waals surface area contributed by atoms with Crippen LogP contribution in [0.15, 0.2) is 47.7 Å². The monoisotopic (exact) mass is 484 g/mol. The predicted molar refractivity (Wildman–Crippen MR) is 127 cm³/mol. The van der Waals surface area contributed by atoms with Crippen LogP contribution in [0, 0.1) is 0 Å². The molecule has 0 aliphatic carbocycles. The number of ether oxygens (including phenoxy) is 2. The van der Waals surface area contributed by atoms with E-state index < -0.39 is 36.3 Å². The van der Waals surface area contributed by atoms with Crippen molar-refractivity contribution >= 4 is 35.4 Å². The van der Waals surface area contributed by atoms with Gasteiger partial charge in [-0.05, 0) is 43.7 Å². The lowest BCUT2D eigenvalue weighted by Gasteiger charge is -2.18. The fraction of sp³-hybridized carbons (Fsp3) is 0.304. The van der Waals surface area contributed by atoms with Gasteiger partial charge in [0.25, 0.3) is 5.91 Å². The lowest BCUT2D eigenvalue weighted by Crippen LogP contribution is -2.39. The Bertz CT molecular complexity index is 1090. The van der Waals surface area contributed by atoms with Gasteiger partial charge in [-0.3, -0.25) is 19.4 Å². The second-order valence-electron chi connectivity index (χ2n) is 7.12. The number of hydrogen-bond acceptors (Lipinski definition) is 8. The van der Waals surface area contributed by atoms with Gasteiger partial charge < -0.3 is 31.6 Å². The van der Waals surface area contributed by atoms with Crippen LogP contribution in [0.1, 0.15) is 52.6 Å². The van der Waals surface area contributed by atoms with Crippen LogP contribution < -0.4 is 22.1 Å². The molecular formula is C23H28N6O6. The number of aromatic nitrogens is 1. The van der Waals surface area contributed by atoms with E-state index >= 15 is 0 Å². The number of hydrogen-bond donors (Lipinski definition) is 4. The van der Waals surface area contributed by atoms with Crippen molar-refractivity contribution in [3.63, 3.8) is 0 Å². The number of amides is 2. The van der Waals surface area contributed by atoms with Crippen LogP contribution in [0.2, 0.25) is 0 Å². The molecule has 0 spiro atoms. The minimum atomic E-state index is -0.701. The molecule has 2 rings (SSSR count). The Labute approximate surface area is 202 Å². The van der Waals surface area contributed by atoms with Gasteiger partial charge in [0.15, 0.2) is 5.96 Å². The topological polar surface area (TPSA) is 188 Å². The molecule has 2 amide bonds. The zero-order valence-electron chi connectivity index (χ0n) is 19.4. The van der Waals surface area contributed by atoms with Crippen molar-refractivity contribution in [3.8, 4) is 0 Å². The van der Waals surface area contributed by atoms with Gasteiger partial charge in [-0.15, -0.1) is 0 Å². The summed E-state index contributed by atoms with van der Waals surface area (Å²) in [6, 6.07) is 6.71. The Balaban J connectivity index is 2.12. The maximum atomic E-state index is 12.7. The standard InChI is InChI=1S/C23H28N6O6/c1-3-34-20(31)11-18(14-6-5-7-26-12-14)29-19(30)13-27-21(32)15-8-16(22(33)35-4-2)10-17(9-15)28-23(24)25/h5-10,12,18H,3-4,11,13H2,1-2H3,(H,27,32)(H,29,30)(H4,24,25,28). The molecule has 0 saturated heterocycles. The SMILES string of the molecule is CCOC(=O)CC(NC(=O)CNC(=O)c1cc(N=C(N)N)cc(C(=O)OCC)c1)c1cccnc1. The summed E-state index contributed by atoms with van der Waals surface area (Å²) in [5, 5.41) is 5.16. The van der Waals surface area contributed by atoms with E-state index in [1.807, 2.05) is 0 Å². The lowest BCUT2D eigenvalue weighted by molar-refractivity contribution is -0.143. The van der Waals surface area contributed by atoms with Crippen LogP contribution in [0.3, 0.4) is 0 Å². The first-order chi connectivity index (χ1) is 16.7. The van der Waals surface area contributed by atoms with Crippen LogP contribution >= 0.6 is 0 Å².